The molecule has 1 heterocycles. The summed E-state index contributed by atoms with van der Waals surface area (Å²) in [7, 11) is 0. The zero-order valence-corrected chi connectivity index (χ0v) is 23.6. The van der Waals surface area contributed by atoms with Crippen LogP contribution in [0.5, 0.6) is 0 Å². The third kappa shape index (κ3) is 6.87. The molecule has 0 aliphatic heterocycles. The number of nitrogens with one attached hydrogen (secondary N) is 3. The van der Waals surface area contributed by atoms with Crippen LogP contribution in [0.15, 0.2) is 18.2 Å². The summed E-state index contributed by atoms with van der Waals surface area (Å²) in [6, 6.07) is 7.55. The second-order valence-electron chi connectivity index (χ2n) is 13.0. The van der Waals surface area contributed by atoms with E-state index in [-0.39, 0.29) is 29.6 Å². The standard InChI is InChI=1S/C28H41N5O3/c1-25(2,3)30-21(34)16-33-20-13-12-17(28(10,11)24(36)32-27(7,8)9)14-18(20)19(15-29)22(33)23(35)31-26(4,5)6/h12-14H,16H2,1-11H3,(H,30,34)(H,31,35)(H,32,36). The molecule has 36 heavy (non-hydrogen) atoms. The van der Waals surface area contributed by atoms with E-state index in [1.54, 1.807) is 16.7 Å². The van der Waals surface area contributed by atoms with Crippen LogP contribution in [-0.2, 0) is 21.5 Å². The molecule has 0 atom stereocenters. The van der Waals surface area contributed by atoms with Gasteiger partial charge in [0.25, 0.3) is 5.91 Å². The van der Waals surface area contributed by atoms with E-state index in [2.05, 4.69) is 22.0 Å². The maximum absolute atomic E-state index is 13.4. The molecule has 8 heteroatoms. The SMILES string of the molecule is CC(C)(C)NC(=O)Cn1c(C(=O)NC(C)(C)C)c(C#N)c2cc(C(C)(C)C(=O)NC(C)(C)C)ccc21. The summed E-state index contributed by atoms with van der Waals surface area (Å²) < 4.78 is 1.59. The predicted octanol–water partition coefficient (Wildman–Crippen LogP) is 4.15. The number of nitriles is 1. The summed E-state index contributed by atoms with van der Waals surface area (Å²) >= 11 is 0. The van der Waals surface area contributed by atoms with Gasteiger partial charge < -0.3 is 20.5 Å². The zero-order chi connectivity index (χ0) is 27.9. The molecular formula is C28H41N5O3. The van der Waals surface area contributed by atoms with Crippen LogP contribution in [0.4, 0.5) is 0 Å². The summed E-state index contributed by atoms with van der Waals surface area (Å²) in [5.41, 5.74) is -0.727. The fraction of sp³-hybridized carbons (Fsp3) is 0.571. The van der Waals surface area contributed by atoms with Gasteiger partial charge in [0, 0.05) is 22.0 Å². The zero-order valence-electron chi connectivity index (χ0n) is 23.6. The number of hydrogen-bond donors (Lipinski definition) is 3. The Morgan fingerprint density at radius 3 is 1.83 bits per heavy atom. The maximum atomic E-state index is 13.4. The number of carbonyl (C=O) groups is 3. The van der Waals surface area contributed by atoms with E-state index in [1.807, 2.05) is 82.2 Å². The summed E-state index contributed by atoms with van der Waals surface area (Å²) in [6.45, 7) is 20.5. The van der Waals surface area contributed by atoms with Crippen LogP contribution in [-0.4, -0.2) is 38.9 Å². The smallest absolute Gasteiger partial charge is 0.269 e. The summed E-state index contributed by atoms with van der Waals surface area (Å²) in [5, 5.41) is 19.5. The highest BCUT2D eigenvalue weighted by Gasteiger charge is 2.34. The van der Waals surface area contributed by atoms with Crippen molar-refractivity contribution in [3.05, 3.63) is 35.0 Å². The van der Waals surface area contributed by atoms with Gasteiger partial charge in [0.05, 0.1) is 16.5 Å². The molecular weight excluding hydrogens is 454 g/mol. The second kappa shape index (κ2) is 9.61. The second-order valence-corrected chi connectivity index (χ2v) is 13.0. The lowest BCUT2D eigenvalue weighted by Gasteiger charge is -2.30. The van der Waals surface area contributed by atoms with Crippen LogP contribution in [0.3, 0.4) is 0 Å². The van der Waals surface area contributed by atoms with E-state index in [0.29, 0.717) is 16.5 Å². The van der Waals surface area contributed by atoms with E-state index in [0.717, 1.165) is 0 Å². The monoisotopic (exact) mass is 495 g/mol. The molecule has 8 nitrogen and oxygen atoms in total. The van der Waals surface area contributed by atoms with Gasteiger partial charge >= 0.3 is 0 Å². The lowest BCUT2D eigenvalue weighted by atomic mass is 9.82. The van der Waals surface area contributed by atoms with Gasteiger partial charge in [0.15, 0.2) is 0 Å². The van der Waals surface area contributed by atoms with Crippen LogP contribution < -0.4 is 16.0 Å². The molecule has 0 aliphatic rings. The van der Waals surface area contributed by atoms with Gasteiger partial charge in [-0.15, -0.1) is 0 Å². The number of hydrogen-bond acceptors (Lipinski definition) is 4. The topological polar surface area (TPSA) is 116 Å². The Bertz CT molecular complexity index is 1230. The van der Waals surface area contributed by atoms with Gasteiger partial charge in [0.2, 0.25) is 11.8 Å². The fourth-order valence-corrected chi connectivity index (χ4v) is 3.89. The van der Waals surface area contributed by atoms with Gasteiger partial charge in [0.1, 0.15) is 18.3 Å². The molecule has 3 N–H and O–H groups in total. The van der Waals surface area contributed by atoms with Crippen molar-refractivity contribution < 1.29 is 14.4 Å². The molecule has 0 aliphatic carbocycles. The van der Waals surface area contributed by atoms with E-state index in [4.69, 9.17) is 0 Å². The minimum atomic E-state index is -0.895. The minimum Gasteiger partial charge on any atom is -0.351 e. The van der Waals surface area contributed by atoms with Crippen LogP contribution in [0.2, 0.25) is 0 Å². The van der Waals surface area contributed by atoms with E-state index >= 15 is 0 Å². The summed E-state index contributed by atoms with van der Waals surface area (Å²) in [6.07, 6.45) is 0. The quantitative estimate of drug-likeness (QED) is 0.578. The number of carbonyl (C=O) groups excluding carboxylic acids is 3. The Morgan fingerprint density at radius 1 is 0.833 bits per heavy atom. The summed E-state index contributed by atoms with van der Waals surface area (Å²) in [5.74, 6) is -0.865. The van der Waals surface area contributed by atoms with E-state index < -0.39 is 27.9 Å². The third-order valence-electron chi connectivity index (χ3n) is 5.47. The first-order valence-electron chi connectivity index (χ1n) is 12.2. The molecule has 196 valence electrons. The van der Waals surface area contributed by atoms with Crippen molar-refractivity contribution in [1.29, 1.82) is 5.26 Å². The molecule has 0 bridgehead atoms. The number of benzene rings is 1. The summed E-state index contributed by atoms with van der Waals surface area (Å²) in [4.78, 5) is 39.3. The van der Waals surface area contributed by atoms with Crippen molar-refractivity contribution in [2.45, 2.75) is 105 Å². The van der Waals surface area contributed by atoms with Gasteiger partial charge in [-0.3, -0.25) is 14.4 Å². The van der Waals surface area contributed by atoms with Crippen LogP contribution >= 0.6 is 0 Å². The molecule has 0 radical (unpaired) electrons. The molecule has 1 aromatic carbocycles. The van der Waals surface area contributed by atoms with Gasteiger partial charge in [-0.25, -0.2) is 0 Å². The number of rotatable bonds is 5. The first kappa shape index (κ1) is 28.9. The average Bonchev–Trinajstić information content (AvgIpc) is 2.96. The first-order valence-corrected chi connectivity index (χ1v) is 12.2. The van der Waals surface area contributed by atoms with Crippen LogP contribution in [0.1, 0.15) is 97.8 Å². The molecule has 3 amide bonds. The molecule has 0 spiro atoms. The molecule has 0 saturated carbocycles. The van der Waals surface area contributed by atoms with E-state index in [1.165, 1.54) is 0 Å². The highest BCUT2D eigenvalue weighted by Crippen LogP contribution is 2.32. The normalized spacial score (nSPS) is 12.7. The Labute approximate surface area is 214 Å². The highest BCUT2D eigenvalue weighted by molar-refractivity contribution is 6.05. The van der Waals surface area contributed by atoms with Crippen molar-refractivity contribution in [3.8, 4) is 6.07 Å². The van der Waals surface area contributed by atoms with Gasteiger partial charge in [-0.1, -0.05) is 6.07 Å². The molecule has 2 rings (SSSR count). The molecule has 0 saturated heterocycles. The van der Waals surface area contributed by atoms with Crippen molar-refractivity contribution in [2.75, 3.05) is 0 Å². The Morgan fingerprint density at radius 2 is 1.36 bits per heavy atom. The van der Waals surface area contributed by atoms with Gasteiger partial charge in [-0.2, -0.15) is 5.26 Å². The average molecular weight is 496 g/mol. The lowest BCUT2D eigenvalue weighted by Crippen LogP contribution is -2.48. The largest absolute Gasteiger partial charge is 0.351 e. The number of aromatic nitrogens is 1. The predicted molar refractivity (Wildman–Crippen MR) is 143 cm³/mol. The Hall–Kier alpha value is -3.34. The van der Waals surface area contributed by atoms with Crippen LogP contribution in [0.25, 0.3) is 10.9 Å². The van der Waals surface area contributed by atoms with Crippen molar-refractivity contribution in [1.82, 2.24) is 20.5 Å². The number of nitrogens with zero attached hydrogens (tertiary/aromatic N) is 2. The minimum absolute atomic E-state index is 0.126. The lowest BCUT2D eigenvalue weighted by molar-refractivity contribution is -0.127. The van der Waals surface area contributed by atoms with Crippen molar-refractivity contribution in [3.63, 3.8) is 0 Å². The fourth-order valence-electron chi connectivity index (χ4n) is 3.89. The van der Waals surface area contributed by atoms with Crippen molar-refractivity contribution >= 4 is 28.6 Å². The molecule has 0 unspecified atom stereocenters. The molecule has 0 fully saturated rings. The number of fused-ring (bicyclic) bond motifs is 1. The molecule has 2 aromatic rings. The van der Waals surface area contributed by atoms with Crippen molar-refractivity contribution in [2.24, 2.45) is 0 Å². The number of amides is 3. The Kier molecular flexibility index (Phi) is 7.71. The maximum Gasteiger partial charge on any atom is 0.269 e. The van der Waals surface area contributed by atoms with E-state index in [9.17, 15) is 19.6 Å². The van der Waals surface area contributed by atoms with Gasteiger partial charge in [-0.05, 0) is 93.9 Å². The highest BCUT2D eigenvalue weighted by atomic mass is 16.2. The third-order valence-corrected chi connectivity index (χ3v) is 5.47. The Balaban J connectivity index is 2.75. The first-order chi connectivity index (χ1) is 16.2. The molecule has 1 aromatic heterocycles. The van der Waals surface area contributed by atoms with Crippen LogP contribution in [0, 0.1) is 11.3 Å².